The van der Waals surface area contributed by atoms with Gasteiger partial charge in [0.05, 0.1) is 18.8 Å². The van der Waals surface area contributed by atoms with Crippen LogP contribution in [-0.4, -0.2) is 37.7 Å². The average molecular weight is 293 g/mol. The largest absolute Gasteiger partial charge is 0.454 e. The predicted molar refractivity (Wildman–Crippen MR) is 78.6 cm³/mol. The minimum Gasteiger partial charge on any atom is -0.454 e. The fourth-order valence-corrected chi connectivity index (χ4v) is 2.83. The molecule has 0 amide bonds. The molecular weight excluding hydrogens is 270 g/mol. The third-order valence-electron chi connectivity index (χ3n) is 4.05. The summed E-state index contributed by atoms with van der Waals surface area (Å²) in [6.45, 7) is 2.23. The molecule has 2 aliphatic rings. The maximum absolute atomic E-state index is 10.2. The van der Waals surface area contributed by atoms with Crippen LogP contribution >= 0.6 is 0 Å². The summed E-state index contributed by atoms with van der Waals surface area (Å²) in [7, 11) is 0. The van der Waals surface area contributed by atoms with Gasteiger partial charge in [-0.1, -0.05) is 18.9 Å². The van der Waals surface area contributed by atoms with Crippen molar-refractivity contribution < 1.29 is 19.3 Å². The second kappa shape index (κ2) is 7.11. The normalized spacial score (nSPS) is 19.1. The number of hydrogen-bond acceptors (Lipinski definition) is 5. The minimum absolute atomic E-state index is 0.256. The van der Waals surface area contributed by atoms with Crippen molar-refractivity contribution in [3.63, 3.8) is 0 Å². The summed E-state index contributed by atoms with van der Waals surface area (Å²) >= 11 is 0. The lowest BCUT2D eigenvalue weighted by atomic mass is 10.1. The zero-order valence-corrected chi connectivity index (χ0v) is 12.2. The zero-order chi connectivity index (χ0) is 14.5. The summed E-state index contributed by atoms with van der Waals surface area (Å²) in [5.41, 5.74) is 0.837. The Labute approximate surface area is 125 Å². The van der Waals surface area contributed by atoms with Crippen LogP contribution in [0, 0.1) is 0 Å². The topological polar surface area (TPSA) is 60.0 Å². The molecular formula is C16H23NO4. The van der Waals surface area contributed by atoms with E-state index in [2.05, 4.69) is 5.32 Å². The number of nitrogens with one attached hydrogen (secondary N) is 1. The van der Waals surface area contributed by atoms with Crippen molar-refractivity contribution >= 4 is 0 Å². The fourth-order valence-electron chi connectivity index (χ4n) is 2.83. The minimum atomic E-state index is -0.550. The van der Waals surface area contributed by atoms with Crippen LogP contribution in [0.25, 0.3) is 0 Å². The standard InChI is InChI=1S/C16H23NO4/c18-14(10-17-7-8-19-13-3-1-2-4-13)12-5-6-15-16(9-12)21-11-20-15/h5-6,9,13-14,17-18H,1-4,7-8,10-11H2. The Morgan fingerprint density at radius 1 is 1.24 bits per heavy atom. The highest BCUT2D eigenvalue weighted by molar-refractivity contribution is 5.45. The maximum Gasteiger partial charge on any atom is 0.231 e. The number of hydrogen-bond donors (Lipinski definition) is 2. The predicted octanol–water partition coefficient (Wildman–Crippen LogP) is 2.00. The first-order chi connectivity index (χ1) is 10.3. The first-order valence-corrected chi connectivity index (χ1v) is 7.73. The number of aliphatic hydroxyl groups excluding tert-OH is 1. The SMILES string of the molecule is OC(CNCCOC1CCCC1)c1ccc2c(c1)OCO2. The number of aliphatic hydroxyl groups is 1. The molecule has 1 heterocycles. The van der Waals surface area contributed by atoms with E-state index in [1.807, 2.05) is 18.2 Å². The van der Waals surface area contributed by atoms with Gasteiger partial charge >= 0.3 is 0 Å². The van der Waals surface area contributed by atoms with Crippen molar-refractivity contribution in [3.05, 3.63) is 23.8 Å². The van der Waals surface area contributed by atoms with Crippen molar-refractivity contribution in [3.8, 4) is 11.5 Å². The van der Waals surface area contributed by atoms with Crippen LogP contribution in [0.15, 0.2) is 18.2 Å². The summed E-state index contributed by atoms with van der Waals surface area (Å²) < 4.78 is 16.3. The highest BCUT2D eigenvalue weighted by atomic mass is 16.7. The van der Waals surface area contributed by atoms with E-state index < -0.39 is 6.10 Å². The molecule has 5 nitrogen and oxygen atoms in total. The van der Waals surface area contributed by atoms with Crippen LogP contribution < -0.4 is 14.8 Å². The van der Waals surface area contributed by atoms with Crippen LogP contribution in [0.2, 0.25) is 0 Å². The summed E-state index contributed by atoms with van der Waals surface area (Å²) in [5, 5.41) is 13.4. The molecule has 1 fully saturated rings. The Bertz CT molecular complexity index is 460. The van der Waals surface area contributed by atoms with E-state index in [9.17, 15) is 5.11 Å². The van der Waals surface area contributed by atoms with Gasteiger partial charge in [-0.25, -0.2) is 0 Å². The lowest BCUT2D eigenvalue weighted by molar-refractivity contribution is 0.0585. The van der Waals surface area contributed by atoms with Crippen LogP contribution in [0.4, 0.5) is 0 Å². The smallest absolute Gasteiger partial charge is 0.231 e. The van der Waals surface area contributed by atoms with Crippen molar-refractivity contribution in [2.45, 2.75) is 37.9 Å². The number of benzene rings is 1. The molecule has 2 N–H and O–H groups in total. The van der Waals surface area contributed by atoms with E-state index >= 15 is 0 Å². The molecule has 1 atom stereocenters. The average Bonchev–Trinajstić information content (AvgIpc) is 3.17. The van der Waals surface area contributed by atoms with Gasteiger partial charge in [-0.3, -0.25) is 0 Å². The molecule has 21 heavy (non-hydrogen) atoms. The first kappa shape index (κ1) is 14.6. The van der Waals surface area contributed by atoms with Gasteiger partial charge < -0.3 is 24.6 Å². The second-order valence-electron chi connectivity index (χ2n) is 5.61. The molecule has 1 aromatic rings. The van der Waals surface area contributed by atoms with Crippen LogP contribution in [0.5, 0.6) is 11.5 Å². The highest BCUT2D eigenvalue weighted by Gasteiger charge is 2.17. The monoisotopic (exact) mass is 293 g/mol. The summed E-state index contributed by atoms with van der Waals surface area (Å²) in [6, 6.07) is 5.54. The Hall–Kier alpha value is -1.30. The number of ether oxygens (including phenoxy) is 3. The van der Waals surface area contributed by atoms with E-state index in [1.165, 1.54) is 25.7 Å². The summed E-state index contributed by atoms with van der Waals surface area (Å²) in [6.07, 6.45) is 4.87. The van der Waals surface area contributed by atoms with Gasteiger partial charge in [-0.15, -0.1) is 0 Å². The molecule has 1 saturated carbocycles. The van der Waals surface area contributed by atoms with Crippen molar-refractivity contribution in [1.29, 1.82) is 0 Å². The molecule has 1 unspecified atom stereocenters. The first-order valence-electron chi connectivity index (χ1n) is 7.73. The van der Waals surface area contributed by atoms with Gasteiger partial charge in [0.25, 0.3) is 0 Å². The Balaban J connectivity index is 1.36. The Kier molecular flexibility index (Phi) is 4.95. The molecule has 0 bridgehead atoms. The second-order valence-corrected chi connectivity index (χ2v) is 5.61. The Morgan fingerprint density at radius 3 is 2.90 bits per heavy atom. The molecule has 0 saturated heterocycles. The third-order valence-corrected chi connectivity index (χ3v) is 4.05. The van der Waals surface area contributed by atoms with Crippen LogP contribution in [-0.2, 0) is 4.74 Å². The highest BCUT2D eigenvalue weighted by Crippen LogP contribution is 2.34. The molecule has 5 heteroatoms. The zero-order valence-electron chi connectivity index (χ0n) is 12.2. The van der Waals surface area contributed by atoms with Crippen molar-refractivity contribution in [2.75, 3.05) is 26.5 Å². The van der Waals surface area contributed by atoms with E-state index in [4.69, 9.17) is 14.2 Å². The molecule has 1 aliphatic carbocycles. The lowest BCUT2D eigenvalue weighted by Crippen LogP contribution is -2.26. The van der Waals surface area contributed by atoms with Crippen molar-refractivity contribution in [2.24, 2.45) is 0 Å². The van der Waals surface area contributed by atoms with E-state index in [0.29, 0.717) is 25.0 Å². The van der Waals surface area contributed by atoms with Gasteiger partial charge in [-0.05, 0) is 30.5 Å². The molecule has 1 aliphatic heterocycles. The van der Waals surface area contributed by atoms with Crippen LogP contribution in [0.3, 0.4) is 0 Å². The van der Waals surface area contributed by atoms with Gasteiger partial charge in [0.2, 0.25) is 6.79 Å². The quantitative estimate of drug-likeness (QED) is 0.753. The molecule has 1 aromatic carbocycles. The number of rotatable bonds is 7. The van der Waals surface area contributed by atoms with E-state index in [1.54, 1.807) is 0 Å². The third kappa shape index (κ3) is 3.87. The van der Waals surface area contributed by atoms with Gasteiger partial charge in [0, 0.05) is 13.1 Å². The summed E-state index contributed by atoms with van der Waals surface area (Å²) in [5.74, 6) is 1.44. The molecule has 3 rings (SSSR count). The van der Waals surface area contributed by atoms with Gasteiger partial charge in [-0.2, -0.15) is 0 Å². The van der Waals surface area contributed by atoms with Crippen LogP contribution in [0.1, 0.15) is 37.4 Å². The van der Waals surface area contributed by atoms with E-state index in [0.717, 1.165) is 17.9 Å². The van der Waals surface area contributed by atoms with Crippen molar-refractivity contribution in [1.82, 2.24) is 5.32 Å². The van der Waals surface area contributed by atoms with Gasteiger partial charge in [0.15, 0.2) is 11.5 Å². The molecule has 0 aromatic heterocycles. The molecule has 0 spiro atoms. The molecule has 0 radical (unpaired) electrons. The maximum atomic E-state index is 10.2. The lowest BCUT2D eigenvalue weighted by Gasteiger charge is -2.14. The van der Waals surface area contributed by atoms with E-state index in [-0.39, 0.29) is 6.79 Å². The van der Waals surface area contributed by atoms with Gasteiger partial charge in [0.1, 0.15) is 0 Å². The fraction of sp³-hybridized carbons (Fsp3) is 0.625. The summed E-state index contributed by atoms with van der Waals surface area (Å²) in [4.78, 5) is 0. The Morgan fingerprint density at radius 2 is 2.05 bits per heavy atom. The number of fused-ring (bicyclic) bond motifs is 1. The molecule has 116 valence electrons.